The average molecular weight is 447 g/mol. The number of carbonyl (C=O) groups excluding carboxylic acids is 1. The van der Waals surface area contributed by atoms with Gasteiger partial charge in [-0.25, -0.2) is 0 Å². The number of hydrogen-bond acceptors (Lipinski definition) is 8. The molecule has 3 rings (SSSR count). The molecule has 0 fully saturated rings. The van der Waals surface area contributed by atoms with Crippen LogP contribution in [0.25, 0.3) is 11.4 Å². The molecular weight excluding hydrogens is 424 g/mol. The van der Waals surface area contributed by atoms with Gasteiger partial charge in [-0.1, -0.05) is 16.8 Å². The molecule has 0 radical (unpaired) electrons. The van der Waals surface area contributed by atoms with Crippen LogP contribution in [0.15, 0.2) is 40.9 Å². The average Bonchev–Trinajstić information content (AvgIpc) is 3.25. The summed E-state index contributed by atoms with van der Waals surface area (Å²) in [6.45, 7) is 2.20. The third-order valence-electron chi connectivity index (χ3n) is 4.39. The Hall–Kier alpha value is -3.26. The van der Waals surface area contributed by atoms with E-state index in [0.717, 1.165) is 11.3 Å². The standard InChI is InChI=1S/C22H23ClN2O6/c1-14-11-16(23)7-9-17(14)29-10-4-5-21(26)30-13-20-24-22(25-31-20)15-6-8-18(27-2)19(12-15)28-3/h6-9,11-12H,4-5,10,13H2,1-3H3. The van der Waals surface area contributed by atoms with Crippen LogP contribution in [0.5, 0.6) is 17.2 Å². The summed E-state index contributed by atoms with van der Waals surface area (Å²) in [5.41, 5.74) is 1.63. The second-order valence-electron chi connectivity index (χ2n) is 6.60. The van der Waals surface area contributed by atoms with Gasteiger partial charge in [0.25, 0.3) is 5.89 Å². The van der Waals surface area contributed by atoms with E-state index in [1.54, 1.807) is 38.5 Å². The highest BCUT2D eigenvalue weighted by atomic mass is 35.5. The van der Waals surface area contributed by atoms with Crippen molar-refractivity contribution in [2.45, 2.75) is 26.4 Å². The fourth-order valence-electron chi connectivity index (χ4n) is 2.79. The molecule has 0 bridgehead atoms. The van der Waals surface area contributed by atoms with E-state index in [-0.39, 0.29) is 24.9 Å². The lowest BCUT2D eigenvalue weighted by Gasteiger charge is -2.09. The Labute approximate surface area is 185 Å². The van der Waals surface area contributed by atoms with Gasteiger partial charge >= 0.3 is 5.97 Å². The first kappa shape index (κ1) is 22.4. The van der Waals surface area contributed by atoms with Crippen molar-refractivity contribution in [1.29, 1.82) is 0 Å². The SMILES string of the molecule is COc1ccc(-c2noc(COC(=O)CCCOc3ccc(Cl)cc3C)n2)cc1OC. The predicted molar refractivity (Wildman–Crippen MR) is 114 cm³/mol. The number of halogens is 1. The van der Waals surface area contributed by atoms with Gasteiger partial charge in [0.15, 0.2) is 18.1 Å². The highest BCUT2D eigenvalue weighted by Crippen LogP contribution is 2.31. The molecule has 0 unspecified atom stereocenters. The second kappa shape index (κ2) is 10.7. The van der Waals surface area contributed by atoms with Gasteiger partial charge in [0.2, 0.25) is 5.82 Å². The number of carbonyl (C=O) groups is 1. The maximum absolute atomic E-state index is 12.0. The third-order valence-corrected chi connectivity index (χ3v) is 4.62. The lowest BCUT2D eigenvalue weighted by Crippen LogP contribution is -2.07. The molecule has 1 heterocycles. The first-order valence-electron chi connectivity index (χ1n) is 9.59. The quantitative estimate of drug-likeness (QED) is 0.329. The molecule has 8 nitrogen and oxygen atoms in total. The minimum Gasteiger partial charge on any atom is -0.493 e. The van der Waals surface area contributed by atoms with Gasteiger partial charge in [-0.15, -0.1) is 0 Å². The van der Waals surface area contributed by atoms with E-state index in [2.05, 4.69) is 10.1 Å². The summed E-state index contributed by atoms with van der Waals surface area (Å²) in [7, 11) is 3.10. The van der Waals surface area contributed by atoms with Crippen molar-refractivity contribution in [2.75, 3.05) is 20.8 Å². The fraction of sp³-hybridized carbons (Fsp3) is 0.318. The van der Waals surface area contributed by atoms with E-state index < -0.39 is 0 Å². The molecule has 0 aliphatic rings. The van der Waals surface area contributed by atoms with Crippen molar-refractivity contribution in [2.24, 2.45) is 0 Å². The Balaban J connectivity index is 1.44. The number of ether oxygens (including phenoxy) is 4. The van der Waals surface area contributed by atoms with Gasteiger partial charge in [-0.3, -0.25) is 4.79 Å². The van der Waals surface area contributed by atoms with Crippen LogP contribution in [-0.4, -0.2) is 36.9 Å². The molecule has 0 amide bonds. The summed E-state index contributed by atoms with van der Waals surface area (Å²) in [4.78, 5) is 16.2. The van der Waals surface area contributed by atoms with Crippen LogP contribution in [0.2, 0.25) is 5.02 Å². The van der Waals surface area contributed by atoms with E-state index in [4.69, 9.17) is 35.1 Å². The number of hydrogen-bond donors (Lipinski definition) is 0. The molecule has 0 atom stereocenters. The Bertz CT molecular complexity index is 1040. The largest absolute Gasteiger partial charge is 0.493 e. The topological polar surface area (TPSA) is 92.9 Å². The van der Waals surface area contributed by atoms with Gasteiger partial charge in [0.1, 0.15) is 5.75 Å². The van der Waals surface area contributed by atoms with Gasteiger partial charge in [0, 0.05) is 17.0 Å². The van der Waals surface area contributed by atoms with Crippen LogP contribution in [0, 0.1) is 6.92 Å². The first-order chi connectivity index (χ1) is 15.0. The predicted octanol–water partition coefficient (Wildman–Crippen LogP) is 4.62. The molecule has 2 aromatic carbocycles. The number of methoxy groups -OCH3 is 2. The van der Waals surface area contributed by atoms with Crippen molar-refractivity contribution < 1.29 is 28.3 Å². The highest BCUT2D eigenvalue weighted by Gasteiger charge is 2.13. The van der Waals surface area contributed by atoms with Crippen molar-refractivity contribution in [3.63, 3.8) is 0 Å². The van der Waals surface area contributed by atoms with Gasteiger partial charge in [0.05, 0.1) is 20.8 Å². The summed E-state index contributed by atoms with van der Waals surface area (Å²) < 4.78 is 26.5. The molecule has 0 aliphatic carbocycles. The number of aryl methyl sites for hydroxylation is 1. The fourth-order valence-corrected chi connectivity index (χ4v) is 3.02. The van der Waals surface area contributed by atoms with Gasteiger partial charge in [-0.05, 0) is 55.3 Å². The van der Waals surface area contributed by atoms with E-state index in [1.165, 1.54) is 0 Å². The zero-order valence-corrected chi connectivity index (χ0v) is 18.3. The number of nitrogens with zero attached hydrogens (tertiary/aromatic N) is 2. The summed E-state index contributed by atoms with van der Waals surface area (Å²) in [6.07, 6.45) is 0.727. The summed E-state index contributed by atoms with van der Waals surface area (Å²) in [6, 6.07) is 10.7. The van der Waals surface area contributed by atoms with Gasteiger partial charge in [-0.2, -0.15) is 4.98 Å². The summed E-state index contributed by atoms with van der Waals surface area (Å²) in [5.74, 6) is 2.08. The number of esters is 1. The minimum absolute atomic E-state index is 0.101. The Morgan fingerprint density at radius 3 is 2.58 bits per heavy atom. The van der Waals surface area contributed by atoms with E-state index >= 15 is 0 Å². The van der Waals surface area contributed by atoms with E-state index in [1.807, 2.05) is 19.1 Å². The van der Waals surface area contributed by atoms with Crippen molar-refractivity contribution in [3.8, 4) is 28.6 Å². The van der Waals surface area contributed by atoms with E-state index in [0.29, 0.717) is 40.9 Å². The van der Waals surface area contributed by atoms with Crippen LogP contribution < -0.4 is 14.2 Å². The van der Waals surface area contributed by atoms with E-state index in [9.17, 15) is 4.79 Å². The third kappa shape index (κ3) is 6.11. The van der Waals surface area contributed by atoms with Crippen molar-refractivity contribution in [1.82, 2.24) is 10.1 Å². The number of benzene rings is 2. The zero-order valence-electron chi connectivity index (χ0n) is 17.5. The maximum Gasteiger partial charge on any atom is 0.306 e. The maximum atomic E-state index is 12.0. The Kier molecular flexibility index (Phi) is 7.72. The molecule has 0 aliphatic heterocycles. The molecule has 0 N–H and O–H groups in total. The zero-order chi connectivity index (χ0) is 22.2. The molecule has 3 aromatic rings. The van der Waals surface area contributed by atoms with Gasteiger partial charge < -0.3 is 23.5 Å². The summed E-state index contributed by atoms with van der Waals surface area (Å²) in [5, 5.41) is 4.57. The van der Waals surface area contributed by atoms with Crippen LogP contribution in [0.4, 0.5) is 0 Å². The van der Waals surface area contributed by atoms with Crippen molar-refractivity contribution >= 4 is 17.6 Å². The number of aromatic nitrogens is 2. The van der Waals surface area contributed by atoms with Crippen LogP contribution in [0.3, 0.4) is 0 Å². The lowest BCUT2D eigenvalue weighted by molar-refractivity contribution is -0.146. The normalized spacial score (nSPS) is 10.6. The molecule has 164 valence electrons. The smallest absolute Gasteiger partial charge is 0.306 e. The molecule has 0 saturated carbocycles. The lowest BCUT2D eigenvalue weighted by atomic mass is 10.2. The second-order valence-corrected chi connectivity index (χ2v) is 7.04. The van der Waals surface area contributed by atoms with Crippen LogP contribution >= 0.6 is 11.6 Å². The van der Waals surface area contributed by atoms with Crippen molar-refractivity contribution in [3.05, 3.63) is 52.9 Å². The molecule has 0 spiro atoms. The number of rotatable bonds is 10. The highest BCUT2D eigenvalue weighted by molar-refractivity contribution is 6.30. The van der Waals surface area contributed by atoms with Crippen LogP contribution in [-0.2, 0) is 16.1 Å². The minimum atomic E-state index is -0.373. The Morgan fingerprint density at radius 2 is 1.84 bits per heavy atom. The molecule has 0 saturated heterocycles. The monoisotopic (exact) mass is 446 g/mol. The summed E-state index contributed by atoms with van der Waals surface area (Å²) >= 11 is 5.92. The van der Waals surface area contributed by atoms with Crippen LogP contribution in [0.1, 0.15) is 24.3 Å². The Morgan fingerprint density at radius 1 is 1.06 bits per heavy atom. The molecule has 31 heavy (non-hydrogen) atoms. The first-order valence-corrected chi connectivity index (χ1v) is 9.97. The molecule has 9 heteroatoms. The molecule has 1 aromatic heterocycles. The molecular formula is C22H23ClN2O6.